The van der Waals surface area contributed by atoms with Gasteiger partial charge < -0.3 is 15.8 Å². The van der Waals surface area contributed by atoms with Crippen molar-refractivity contribution in [3.8, 4) is 0 Å². The van der Waals surface area contributed by atoms with Crippen LogP contribution in [0.1, 0.15) is 54.9 Å². The number of alkyl carbamates (subject to hydrolysis) is 1. The summed E-state index contributed by atoms with van der Waals surface area (Å²) in [5, 5.41) is 2.81. The number of hydrogen-bond donors (Lipinski definition) is 2. The molecule has 0 aliphatic heterocycles. The molecule has 0 bridgehead atoms. The molecular formula is C16H35N3O2. The number of hydrogen-bond acceptors (Lipinski definition) is 4. The average Bonchev–Trinajstić information content (AvgIpc) is 2.29. The van der Waals surface area contributed by atoms with Crippen molar-refractivity contribution in [1.82, 2.24) is 10.2 Å². The Bertz CT molecular complexity index is 298. The van der Waals surface area contributed by atoms with Crippen molar-refractivity contribution in [2.75, 3.05) is 19.6 Å². The largest absolute Gasteiger partial charge is 0.444 e. The summed E-state index contributed by atoms with van der Waals surface area (Å²) in [6.45, 7) is 16.6. The van der Waals surface area contributed by atoms with Gasteiger partial charge in [-0.1, -0.05) is 13.8 Å². The number of amides is 1. The van der Waals surface area contributed by atoms with Crippen LogP contribution in [0, 0.1) is 5.92 Å². The molecule has 0 spiro atoms. The molecule has 3 N–H and O–H groups in total. The van der Waals surface area contributed by atoms with Crippen LogP contribution in [-0.2, 0) is 4.74 Å². The second-order valence-electron chi connectivity index (χ2n) is 7.29. The lowest BCUT2D eigenvalue weighted by atomic mass is 10.1. The molecule has 5 nitrogen and oxygen atoms in total. The molecular weight excluding hydrogens is 266 g/mol. The van der Waals surface area contributed by atoms with Crippen molar-refractivity contribution in [1.29, 1.82) is 0 Å². The second kappa shape index (κ2) is 9.26. The lowest BCUT2D eigenvalue weighted by molar-refractivity contribution is 0.0518. The van der Waals surface area contributed by atoms with E-state index in [-0.39, 0.29) is 12.1 Å². The van der Waals surface area contributed by atoms with Crippen LogP contribution >= 0.6 is 0 Å². The minimum absolute atomic E-state index is 0.280. The molecule has 0 radical (unpaired) electrons. The fourth-order valence-corrected chi connectivity index (χ4v) is 2.28. The van der Waals surface area contributed by atoms with E-state index in [0.29, 0.717) is 25.0 Å². The molecule has 0 saturated carbocycles. The zero-order chi connectivity index (χ0) is 16.6. The standard InChI is InChI=1S/C16H35N3O2/c1-12(2)11-19(13(3)4)14(10-17)8-9-18-15(20)21-16(5,6)7/h12-14H,8-11,17H2,1-7H3,(H,18,20). The topological polar surface area (TPSA) is 67.6 Å². The van der Waals surface area contributed by atoms with Crippen LogP contribution < -0.4 is 11.1 Å². The molecule has 0 fully saturated rings. The predicted molar refractivity (Wildman–Crippen MR) is 88.4 cm³/mol. The number of carbonyl (C=O) groups is 1. The molecule has 0 rings (SSSR count). The van der Waals surface area contributed by atoms with E-state index in [9.17, 15) is 4.79 Å². The molecule has 0 heterocycles. The Labute approximate surface area is 130 Å². The highest BCUT2D eigenvalue weighted by Crippen LogP contribution is 2.12. The molecule has 0 aliphatic rings. The zero-order valence-corrected chi connectivity index (χ0v) is 14.9. The molecule has 0 saturated heterocycles. The lowest BCUT2D eigenvalue weighted by Crippen LogP contribution is -2.48. The van der Waals surface area contributed by atoms with Gasteiger partial charge in [0.1, 0.15) is 5.60 Å². The third kappa shape index (κ3) is 9.69. The van der Waals surface area contributed by atoms with E-state index >= 15 is 0 Å². The van der Waals surface area contributed by atoms with Crippen molar-refractivity contribution >= 4 is 6.09 Å². The molecule has 1 atom stereocenters. The van der Waals surface area contributed by atoms with Crippen LogP contribution in [0.4, 0.5) is 4.79 Å². The number of nitrogens with two attached hydrogens (primary N) is 1. The summed E-state index contributed by atoms with van der Waals surface area (Å²) in [6, 6.07) is 0.727. The van der Waals surface area contributed by atoms with Crippen LogP contribution in [0.2, 0.25) is 0 Å². The summed E-state index contributed by atoms with van der Waals surface area (Å²) in [5.41, 5.74) is 5.46. The highest BCUT2D eigenvalue weighted by molar-refractivity contribution is 5.67. The smallest absolute Gasteiger partial charge is 0.407 e. The Morgan fingerprint density at radius 2 is 1.81 bits per heavy atom. The van der Waals surface area contributed by atoms with E-state index in [1.165, 1.54) is 0 Å². The minimum atomic E-state index is -0.459. The van der Waals surface area contributed by atoms with E-state index in [2.05, 4.69) is 37.9 Å². The van der Waals surface area contributed by atoms with Gasteiger partial charge in [-0.05, 0) is 47.0 Å². The number of carbonyl (C=O) groups excluding carboxylic acids is 1. The van der Waals surface area contributed by atoms with Crippen molar-refractivity contribution in [3.63, 3.8) is 0 Å². The van der Waals surface area contributed by atoms with Crippen LogP contribution in [0.15, 0.2) is 0 Å². The number of ether oxygens (including phenoxy) is 1. The third-order valence-electron chi connectivity index (χ3n) is 3.13. The molecule has 1 amide bonds. The molecule has 5 heteroatoms. The third-order valence-corrected chi connectivity index (χ3v) is 3.13. The summed E-state index contributed by atoms with van der Waals surface area (Å²) >= 11 is 0. The first kappa shape index (κ1) is 20.2. The zero-order valence-electron chi connectivity index (χ0n) is 14.9. The van der Waals surface area contributed by atoms with Gasteiger partial charge in [-0.15, -0.1) is 0 Å². The monoisotopic (exact) mass is 301 g/mol. The molecule has 0 aromatic rings. The first-order chi connectivity index (χ1) is 9.56. The van der Waals surface area contributed by atoms with E-state index in [1.54, 1.807) is 0 Å². The maximum absolute atomic E-state index is 11.6. The van der Waals surface area contributed by atoms with Crippen molar-refractivity contribution < 1.29 is 9.53 Å². The Kier molecular flexibility index (Phi) is 8.90. The fourth-order valence-electron chi connectivity index (χ4n) is 2.28. The molecule has 0 aromatic heterocycles. The van der Waals surface area contributed by atoms with Gasteiger partial charge in [0, 0.05) is 31.7 Å². The summed E-state index contributed by atoms with van der Waals surface area (Å²) in [6.07, 6.45) is 0.471. The normalized spacial score (nSPS) is 13.9. The van der Waals surface area contributed by atoms with E-state index < -0.39 is 5.60 Å². The number of rotatable bonds is 8. The predicted octanol–water partition coefficient (Wildman–Crippen LogP) is 2.59. The Hall–Kier alpha value is -0.810. The maximum atomic E-state index is 11.6. The Balaban J connectivity index is 4.33. The van der Waals surface area contributed by atoms with Crippen LogP contribution in [0.25, 0.3) is 0 Å². The molecule has 126 valence electrons. The molecule has 0 aliphatic carbocycles. The van der Waals surface area contributed by atoms with Crippen LogP contribution in [0.3, 0.4) is 0 Å². The minimum Gasteiger partial charge on any atom is -0.444 e. The SMILES string of the molecule is CC(C)CN(C(C)C)C(CN)CCNC(=O)OC(C)(C)C. The molecule has 0 aromatic carbocycles. The second-order valence-corrected chi connectivity index (χ2v) is 7.29. The van der Waals surface area contributed by atoms with Gasteiger partial charge in [-0.3, -0.25) is 4.90 Å². The van der Waals surface area contributed by atoms with Gasteiger partial charge in [-0.25, -0.2) is 4.79 Å². The first-order valence-electron chi connectivity index (χ1n) is 7.99. The highest BCUT2D eigenvalue weighted by Gasteiger charge is 2.21. The van der Waals surface area contributed by atoms with E-state index in [4.69, 9.17) is 10.5 Å². The first-order valence-corrected chi connectivity index (χ1v) is 7.99. The van der Waals surface area contributed by atoms with E-state index in [1.807, 2.05) is 20.8 Å². The summed E-state index contributed by atoms with van der Waals surface area (Å²) < 4.78 is 5.23. The Morgan fingerprint density at radius 1 is 1.24 bits per heavy atom. The summed E-state index contributed by atoms with van der Waals surface area (Å²) in [4.78, 5) is 14.0. The Morgan fingerprint density at radius 3 is 2.19 bits per heavy atom. The van der Waals surface area contributed by atoms with Gasteiger partial charge in [0.2, 0.25) is 0 Å². The van der Waals surface area contributed by atoms with Gasteiger partial charge in [0.05, 0.1) is 0 Å². The quantitative estimate of drug-likeness (QED) is 0.723. The van der Waals surface area contributed by atoms with Gasteiger partial charge in [0.25, 0.3) is 0 Å². The van der Waals surface area contributed by atoms with Crippen LogP contribution in [0.5, 0.6) is 0 Å². The number of nitrogens with zero attached hydrogens (tertiary/aromatic N) is 1. The average molecular weight is 301 g/mol. The molecule has 21 heavy (non-hydrogen) atoms. The van der Waals surface area contributed by atoms with Crippen molar-refractivity contribution in [2.24, 2.45) is 11.7 Å². The van der Waals surface area contributed by atoms with E-state index in [0.717, 1.165) is 13.0 Å². The highest BCUT2D eigenvalue weighted by atomic mass is 16.6. The lowest BCUT2D eigenvalue weighted by Gasteiger charge is -2.35. The van der Waals surface area contributed by atoms with Gasteiger partial charge >= 0.3 is 6.09 Å². The van der Waals surface area contributed by atoms with Crippen LogP contribution in [-0.4, -0.2) is 48.3 Å². The fraction of sp³-hybridized carbons (Fsp3) is 0.938. The van der Waals surface area contributed by atoms with Gasteiger partial charge in [0.15, 0.2) is 0 Å². The maximum Gasteiger partial charge on any atom is 0.407 e. The molecule has 1 unspecified atom stereocenters. The van der Waals surface area contributed by atoms with Crippen molar-refractivity contribution in [2.45, 2.75) is 72.6 Å². The summed E-state index contributed by atoms with van der Waals surface area (Å²) in [7, 11) is 0. The summed E-state index contributed by atoms with van der Waals surface area (Å²) in [5.74, 6) is 0.597. The van der Waals surface area contributed by atoms with Crippen molar-refractivity contribution in [3.05, 3.63) is 0 Å². The van der Waals surface area contributed by atoms with Gasteiger partial charge in [-0.2, -0.15) is 0 Å². The number of nitrogens with one attached hydrogen (secondary N) is 1.